The molecular weight excluding hydrogens is 598 g/mol. The van der Waals surface area contributed by atoms with E-state index < -0.39 is 51.1 Å². The van der Waals surface area contributed by atoms with Crippen molar-refractivity contribution in [2.45, 2.75) is 135 Å². The van der Waals surface area contributed by atoms with E-state index in [4.69, 9.17) is 5.73 Å². The normalized spacial score (nSPS) is 25.6. The molecule has 0 aromatic heterocycles. The van der Waals surface area contributed by atoms with Crippen LogP contribution in [0, 0.1) is 23.7 Å². The largest absolute Gasteiger partial charge is 0.393 e. The van der Waals surface area contributed by atoms with E-state index in [0.717, 1.165) is 32.1 Å². The second-order valence-corrected chi connectivity index (χ2v) is 15.8. The summed E-state index contributed by atoms with van der Waals surface area (Å²) < 4.78 is 25.4. The molecule has 0 spiro atoms. The van der Waals surface area contributed by atoms with Gasteiger partial charge in [0.1, 0.15) is 0 Å². The van der Waals surface area contributed by atoms with Crippen LogP contribution in [0.5, 0.6) is 0 Å². The smallest absolute Gasteiger partial charge is 0.226 e. The molecule has 2 saturated carbocycles. The van der Waals surface area contributed by atoms with Crippen LogP contribution in [0.25, 0.3) is 0 Å². The van der Waals surface area contributed by atoms with Crippen molar-refractivity contribution in [1.82, 2.24) is 20.1 Å². The molecule has 2 fully saturated rings. The number of hydrazine groups is 1. The van der Waals surface area contributed by atoms with E-state index in [1.165, 1.54) is 5.01 Å². The predicted octanol–water partition coefficient (Wildman–Crippen LogP) is 2.28. The lowest BCUT2D eigenvalue weighted by atomic mass is 9.73. The van der Waals surface area contributed by atoms with Gasteiger partial charge in [-0.25, -0.2) is 13.4 Å². The monoisotopic (exact) mass is 659 g/mol. The average Bonchev–Trinajstić information content (AvgIpc) is 2.99. The summed E-state index contributed by atoms with van der Waals surface area (Å²) in [5, 5.41) is 25.5. The van der Waals surface area contributed by atoms with Gasteiger partial charge in [-0.3, -0.25) is 14.4 Å². The fourth-order valence-electron chi connectivity index (χ4n) is 6.61. The van der Waals surface area contributed by atoms with E-state index in [2.05, 4.69) is 10.1 Å². The van der Waals surface area contributed by atoms with Crippen LogP contribution in [-0.4, -0.2) is 95.9 Å². The van der Waals surface area contributed by atoms with Crippen LogP contribution in [0.2, 0.25) is 0 Å². The molecule has 2 aliphatic rings. The van der Waals surface area contributed by atoms with E-state index in [-0.39, 0.29) is 36.8 Å². The molecule has 0 saturated heterocycles. The molecule has 45 heavy (non-hydrogen) atoms. The van der Waals surface area contributed by atoms with Gasteiger partial charge in [0.05, 0.1) is 23.5 Å². The number of unbranched alkanes of at least 4 members (excludes halogenated alkanes) is 1. The third-order valence-corrected chi connectivity index (χ3v) is 11.1. The molecule has 12 nitrogen and oxygen atoms in total. The zero-order valence-corrected chi connectivity index (χ0v) is 29.1. The third kappa shape index (κ3) is 12.7. The van der Waals surface area contributed by atoms with Crippen LogP contribution < -0.4 is 15.9 Å². The van der Waals surface area contributed by atoms with Gasteiger partial charge >= 0.3 is 0 Å². The second kappa shape index (κ2) is 19.1. The number of hydrogen-bond acceptors (Lipinski definition) is 8. The molecule has 0 radical (unpaired) electrons. The van der Waals surface area contributed by atoms with Crippen molar-refractivity contribution < 1.29 is 33.0 Å². The Hall–Kier alpha value is -1.80. The Morgan fingerprint density at radius 3 is 2.00 bits per heavy atom. The molecule has 2 rings (SSSR count). The maximum absolute atomic E-state index is 13.9. The lowest BCUT2D eigenvalue weighted by Gasteiger charge is -2.37. The van der Waals surface area contributed by atoms with Gasteiger partial charge in [0.15, 0.2) is 0 Å². The van der Waals surface area contributed by atoms with Gasteiger partial charge < -0.3 is 26.2 Å². The molecular formula is C32H61N5O7S. The zero-order valence-electron chi connectivity index (χ0n) is 28.2. The first kappa shape index (κ1) is 39.4. The Kier molecular flexibility index (Phi) is 16.7. The van der Waals surface area contributed by atoms with Crippen LogP contribution in [-0.2, 0) is 24.4 Å². The van der Waals surface area contributed by atoms with E-state index in [1.807, 2.05) is 25.7 Å². The number of amides is 3. The summed E-state index contributed by atoms with van der Waals surface area (Å²) in [4.78, 5) is 44.2. The fourth-order valence-corrected chi connectivity index (χ4v) is 7.35. The van der Waals surface area contributed by atoms with Gasteiger partial charge in [-0.2, -0.15) is 0 Å². The molecule has 0 bridgehead atoms. The topological polar surface area (TPSA) is 182 Å². The number of sulfonamides is 1. The number of carbonyl (C=O) groups excluding carboxylic acids is 3. The van der Waals surface area contributed by atoms with Crippen molar-refractivity contribution in [3.63, 3.8) is 0 Å². The zero-order chi connectivity index (χ0) is 33.7. The van der Waals surface area contributed by atoms with Gasteiger partial charge in [-0.1, -0.05) is 27.2 Å². The van der Waals surface area contributed by atoms with E-state index >= 15 is 0 Å². The SMILES string of the molecule is CCCCN(CC(O)C(CC1CCC(O)CC1)NC(=O)C1CC(C(N)=O)CC(C(=O)N(CCC)CCC)C1)NS(=O)(=O)C(C)C. The van der Waals surface area contributed by atoms with Crippen molar-refractivity contribution in [1.29, 1.82) is 0 Å². The molecule has 262 valence electrons. The Morgan fingerprint density at radius 1 is 0.889 bits per heavy atom. The number of rotatable bonds is 19. The minimum atomic E-state index is -3.65. The number of hydrogen-bond donors (Lipinski definition) is 5. The number of nitrogens with one attached hydrogen (secondary N) is 2. The summed E-state index contributed by atoms with van der Waals surface area (Å²) in [5.41, 5.74) is 5.72. The summed E-state index contributed by atoms with van der Waals surface area (Å²) >= 11 is 0. The van der Waals surface area contributed by atoms with Gasteiger partial charge in [-0.15, -0.1) is 4.83 Å². The Labute approximate surface area is 271 Å². The van der Waals surface area contributed by atoms with Crippen LogP contribution in [0.3, 0.4) is 0 Å². The molecule has 13 heteroatoms. The lowest BCUT2D eigenvalue weighted by Crippen LogP contribution is -2.55. The van der Waals surface area contributed by atoms with Gasteiger partial charge in [-0.05, 0) is 90.4 Å². The Balaban J connectivity index is 2.28. The van der Waals surface area contributed by atoms with Crippen molar-refractivity contribution in [2.24, 2.45) is 29.4 Å². The number of carbonyl (C=O) groups is 3. The highest BCUT2D eigenvalue weighted by Gasteiger charge is 2.41. The number of nitrogens with zero attached hydrogens (tertiary/aromatic N) is 2. The first-order valence-electron chi connectivity index (χ1n) is 17.2. The Morgan fingerprint density at radius 2 is 1.47 bits per heavy atom. The van der Waals surface area contributed by atoms with Crippen molar-refractivity contribution in [2.75, 3.05) is 26.2 Å². The molecule has 0 aliphatic heterocycles. The van der Waals surface area contributed by atoms with Crippen molar-refractivity contribution >= 4 is 27.7 Å². The van der Waals surface area contributed by atoms with E-state index in [9.17, 15) is 33.0 Å². The highest BCUT2D eigenvalue weighted by molar-refractivity contribution is 7.90. The number of primary amides is 1. The van der Waals surface area contributed by atoms with Crippen molar-refractivity contribution in [3.8, 4) is 0 Å². The maximum Gasteiger partial charge on any atom is 0.226 e. The van der Waals surface area contributed by atoms with Crippen molar-refractivity contribution in [3.05, 3.63) is 0 Å². The third-order valence-electron chi connectivity index (χ3n) is 9.39. The summed E-state index contributed by atoms with van der Waals surface area (Å²) in [6.45, 7) is 10.8. The highest BCUT2D eigenvalue weighted by Crippen LogP contribution is 2.35. The van der Waals surface area contributed by atoms with Crippen LogP contribution in [0.4, 0.5) is 0 Å². The average molecular weight is 660 g/mol. The highest BCUT2D eigenvalue weighted by atomic mass is 32.2. The van der Waals surface area contributed by atoms with Gasteiger partial charge in [0.25, 0.3) is 0 Å². The molecule has 2 aliphatic carbocycles. The standard InChI is InChI=1S/C32H61N5O7S/c1-6-9-16-37(35-45(43,44)22(4)5)21-29(39)28(17-23-10-12-27(38)13-11-23)34-31(41)25-18-24(30(33)40)19-26(20-25)32(42)36(14-7-2)15-8-3/h22-29,35,38-39H,6-21H2,1-5H3,(H2,33,40)(H,34,41). The summed E-state index contributed by atoms with van der Waals surface area (Å²) in [6, 6.07) is -0.690. The molecule has 0 aromatic carbocycles. The summed E-state index contributed by atoms with van der Waals surface area (Å²) in [5.74, 6) is -2.48. The predicted molar refractivity (Wildman–Crippen MR) is 175 cm³/mol. The van der Waals surface area contributed by atoms with E-state index in [0.29, 0.717) is 58.2 Å². The molecule has 3 amide bonds. The summed E-state index contributed by atoms with van der Waals surface area (Å²) in [7, 11) is -3.65. The molecule has 5 unspecified atom stereocenters. The lowest BCUT2D eigenvalue weighted by molar-refractivity contribution is -0.141. The Bertz CT molecular complexity index is 1030. The molecule has 0 aromatic rings. The maximum atomic E-state index is 13.9. The number of nitrogens with two attached hydrogens (primary N) is 1. The second-order valence-electron chi connectivity index (χ2n) is 13.6. The first-order valence-corrected chi connectivity index (χ1v) is 18.8. The number of aliphatic hydroxyl groups is 2. The van der Waals surface area contributed by atoms with E-state index in [1.54, 1.807) is 13.8 Å². The minimum absolute atomic E-state index is 0.0229. The number of aliphatic hydroxyl groups excluding tert-OH is 2. The first-order chi connectivity index (χ1) is 21.2. The molecule has 0 heterocycles. The van der Waals surface area contributed by atoms with Crippen LogP contribution in [0.15, 0.2) is 0 Å². The van der Waals surface area contributed by atoms with Crippen LogP contribution >= 0.6 is 0 Å². The van der Waals surface area contributed by atoms with Gasteiger partial charge in [0.2, 0.25) is 27.7 Å². The minimum Gasteiger partial charge on any atom is -0.393 e. The summed E-state index contributed by atoms with van der Waals surface area (Å²) in [6.07, 6.45) is 5.85. The van der Waals surface area contributed by atoms with Crippen LogP contribution in [0.1, 0.15) is 112 Å². The molecule has 5 atom stereocenters. The van der Waals surface area contributed by atoms with Gasteiger partial charge in [0, 0.05) is 43.9 Å². The molecule has 6 N–H and O–H groups in total. The fraction of sp³-hybridized carbons (Fsp3) is 0.906. The quantitative estimate of drug-likeness (QED) is 0.131.